The molecule has 0 spiro atoms. The molecule has 3 rings (SSSR count). The van der Waals surface area contributed by atoms with Crippen molar-refractivity contribution in [1.82, 2.24) is 20.2 Å². The van der Waals surface area contributed by atoms with Crippen molar-refractivity contribution in [2.75, 3.05) is 38.1 Å². The molecular formula is C27H37Cl2N5O4. The number of hydrogen-bond acceptors (Lipinski definition) is 7. The number of carbonyl (C=O) groups excluding carboxylic acids is 1. The summed E-state index contributed by atoms with van der Waals surface area (Å²) < 4.78 is 5.72. The number of nitrogens with zero attached hydrogens (tertiary/aromatic N) is 3. The van der Waals surface area contributed by atoms with E-state index >= 15 is 0 Å². The van der Waals surface area contributed by atoms with Gasteiger partial charge in [0.2, 0.25) is 0 Å². The number of aryl methyl sites for hydroxylation is 2. The minimum Gasteiger partial charge on any atom is -0.480 e. The zero-order valence-electron chi connectivity index (χ0n) is 22.0. The normalized spacial score (nSPS) is 13.7. The molecule has 0 saturated carbocycles. The van der Waals surface area contributed by atoms with Gasteiger partial charge in [0.05, 0.1) is 28.3 Å². The van der Waals surface area contributed by atoms with Crippen molar-refractivity contribution in [2.45, 2.75) is 64.5 Å². The Morgan fingerprint density at radius 1 is 1.16 bits per heavy atom. The highest BCUT2D eigenvalue weighted by Crippen LogP contribution is 2.23. The van der Waals surface area contributed by atoms with Gasteiger partial charge < -0.3 is 25.4 Å². The topological polar surface area (TPSA) is 117 Å². The molecule has 0 aliphatic carbocycles. The molecule has 2 aromatic heterocycles. The van der Waals surface area contributed by atoms with E-state index in [1.54, 1.807) is 0 Å². The van der Waals surface area contributed by atoms with Crippen molar-refractivity contribution >= 4 is 40.9 Å². The number of fused-ring (bicyclic) bond motifs is 1. The van der Waals surface area contributed by atoms with Crippen molar-refractivity contribution in [1.29, 1.82) is 0 Å². The first-order chi connectivity index (χ1) is 18.2. The van der Waals surface area contributed by atoms with Gasteiger partial charge in [-0.3, -0.25) is 9.78 Å². The molecule has 0 saturated heterocycles. The van der Waals surface area contributed by atoms with E-state index < -0.39 is 17.9 Å². The first-order valence-electron chi connectivity index (χ1n) is 13.1. The number of rotatable bonds is 15. The van der Waals surface area contributed by atoms with Crippen molar-refractivity contribution in [3.8, 4) is 0 Å². The molecule has 1 atom stereocenters. The van der Waals surface area contributed by atoms with E-state index in [1.165, 1.54) is 18.0 Å². The summed E-state index contributed by atoms with van der Waals surface area (Å²) in [5.74, 6) is -0.751. The van der Waals surface area contributed by atoms with Crippen LogP contribution in [-0.4, -0.2) is 76.8 Å². The number of aromatic nitrogens is 2. The second-order valence-electron chi connectivity index (χ2n) is 9.69. The van der Waals surface area contributed by atoms with Crippen LogP contribution >= 0.6 is 23.2 Å². The first-order valence-corrected chi connectivity index (χ1v) is 13.9. The summed E-state index contributed by atoms with van der Waals surface area (Å²) in [6, 6.07) is 3.19. The number of carbonyl (C=O) groups is 2. The summed E-state index contributed by atoms with van der Waals surface area (Å²) in [6.07, 6.45) is 7.92. The van der Waals surface area contributed by atoms with Gasteiger partial charge in [-0.25, -0.2) is 9.78 Å². The minimum absolute atomic E-state index is 0.0164. The molecule has 1 amide bonds. The number of aliphatic carboxylic acids is 1. The molecule has 1 aliphatic rings. The van der Waals surface area contributed by atoms with E-state index in [9.17, 15) is 14.7 Å². The van der Waals surface area contributed by atoms with Crippen LogP contribution in [0.5, 0.6) is 0 Å². The maximum absolute atomic E-state index is 12.7. The second-order valence-corrected chi connectivity index (χ2v) is 10.5. The van der Waals surface area contributed by atoms with Gasteiger partial charge in [-0.05, 0) is 70.5 Å². The number of halogens is 2. The van der Waals surface area contributed by atoms with E-state index in [-0.39, 0.29) is 28.1 Å². The highest BCUT2D eigenvalue weighted by Gasteiger charge is 2.24. The predicted octanol–water partition coefficient (Wildman–Crippen LogP) is 4.46. The van der Waals surface area contributed by atoms with Crippen molar-refractivity contribution in [3.05, 3.63) is 51.4 Å². The van der Waals surface area contributed by atoms with Crippen LogP contribution in [0.4, 0.5) is 5.82 Å². The second kappa shape index (κ2) is 15.2. The molecular weight excluding hydrogens is 529 g/mol. The van der Waals surface area contributed by atoms with Crippen LogP contribution in [0, 0.1) is 0 Å². The van der Waals surface area contributed by atoms with Gasteiger partial charge in [-0.1, -0.05) is 29.3 Å². The molecule has 0 bridgehead atoms. The number of carboxylic acid groups (broad SMARTS) is 1. The molecule has 3 N–H and O–H groups in total. The number of pyridine rings is 2. The van der Waals surface area contributed by atoms with Gasteiger partial charge in [-0.15, -0.1) is 0 Å². The third-order valence-electron chi connectivity index (χ3n) is 6.39. The van der Waals surface area contributed by atoms with Gasteiger partial charge >= 0.3 is 5.97 Å². The lowest BCUT2D eigenvalue weighted by molar-refractivity contribution is -0.139. The van der Waals surface area contributed by atoms with Crippen LogP contribution in [0.2, 0.25) is 10.0 Å². The smallest absolute Gasteiger partial charge is 0.326 e. The van der Waals surface area contributed by atoms with Crippen LogP contribution in [0.1, 0.15) is 61.1 Å². The van der Waals surface area contributed by atoms with Gasteiger partial charge in [-0.2, -0.15) is 0 Å². The fraction of sp³-hybridized carbons (Fsp3) is 0.556. The monoisotopic (exact) mass is 565 g/mol. The molecule has 2 aromatic rings. The fourth-order valence-electron chi connectivity index (χ4n) is 4.33. The zero-order chi connectivity index (χ0) is 27.5. The maximum atomic E-state index is 12.7. The molecule has 1 aliphatic heterocycles. The Balaban J connectivity index is 1.53. The quantitative estimate of drug-likeness (QED) is 0.271. The van der Waals surface area contributed by atoms with Crippen molar-refractivity contribution in [3.63, 3.8) is 0 Å². The number of anilines is 1. The van der Waals surface area contributed by atoms with Gasteiger partial charge in [0, 0.05) is 37.7 Å². The number of hydrogen-bond donors (Lipinski definition) is 3. The average Bonchev–Trinajstić information content (AvgIpc) is 2.87. The number of ether oxygens (including phenoxy) is 1. The number of amides is 1. The minimum atomic E-state index is -1.12. The summed E-state index contributed by atoms with van der Waals surface area (Å²) in [5.41, 5.74) is 2.38. The van der Waals surface area contributed by atoms with Crippen LogP contribution in [-0.2, 0) is 22.4 Å². The molecule has 38 heavy (non-hydrogen) atoms. The van der Waals surface area contributed by atoms with Crippen LogP contribution in [0.3, 0.4) is 0 Å². The van der Waals surface area contributed by atoms with Gasteiger partial charge in [0.15, 0.2) is 0 Å². The Hall–Kier alpha value is -2.46. The Morgan fingerprint density at radius 2 is 1.92 bits per heavy atom. The number of nitrogens with one attached hydrogen (secondary N) is 2. The van der Waals surface area contributed by atoms with E-state index in [0.717, 1.165) is 56.7 Å². The largest absolute Gasteiger partial charge is 0.480 e. The van der Waals surface area contributed by atoms with Gasteiger partial charge in [0.1, 0.15) is 11.9 Å². The van der Waals surface area contributed by atoms with E-state index in [4.69, 9.17) is 32.9 Å². The van der Waals surface area contributed by atoms with Crippen molar-refractivity contribution < 1.29 is 19.4 Å². The molecule has 0 radical (unpaired) electrons. The van der Waals surface area contributed by atoms with Crippen LogP contribution in [0.15, 0.2) is 24.5 Å². The lowest BCUT2D eigenvalue weighted by Crippen LogP contribution is -2.43. The predicted molar refractivity (Wildman–Crippen MR) is 149 cm³/mol. The standard InChI is InChI=1S/C27H37Cl2N5O4/c1-18(2)38-15-14-34(12-4-3-7-20-9-8-19-6-5-11-31-25(19)32-20)13-10-23(27(36)37)33-26(35)24-21(28)16-30-17-22(24)29/h8-9,16-18,23H,3-7,10-15H2,1-2H3,(H,31,32)(H,33,35)(H,36,37). The molecule has 0 aromatic carbocycles. The summed E-state index contributed by atoms with van der Waals surface area (Å²) >= 11 is 12.1. The summed E-state index contributed by atoms with van der Waals surface area (Å²) in [7, 11) is 0. The van der Waals surface area contributed by atoms with Crippen LogP contribution < -0.4 is 10.6 Å². The Bertz CT molecular complexity index is 1070. The number of carboxylic acids is 1. The molecule has 11 heteroatoms. The van der Waals surface area contributed by atoms with E-state index in [0.29, 0.717) is 19.7 Å². The maximum Gasteiger partial charge on any atom is 0.326 e. The Morgan fingerprint density at radius 3 is 2.63 bits per heavy atom. The third-order valence-corrected chi connectivity index (χ3v) is 6.96. The first kappa shape index (κ1) is 30.1. The zero-order valence-corrected chi connectivity index (χ0v) is 23.5. The summed E-state index contributed by atoms with van der Waals surface area (Å²) in [4.78, 5) is 35.4. The summed E-state index contributed by atoms with van der Waals surface area (Å²) in [5, 5.41) is 15.8. The van der Waals surface area contributed by atoms with Crippen molar-refractivity contribution in [2.24, 2.45) is 0 Å². The van der Waals surface area contributed by atoms with Gasteiger partial charge in [0.25, 0.3) is 5.91 Å². The highest BCUT2D eigenvalue weighted by molar-refractivity contribution is 6.39. The SMILES string of the molecule is CC(C)OCCN(CCCCc1ccc2c(n1)NCCC2)CCC(NC(=O)c1c(Cl)cncc1Cl)C(=O)O. The van der Waals surface area contributed by atoms with Crippen LogP contribution in [0.25, 0.3) is 0 Å². The molecule has 208 valence electrons. The lowest BCUT2D eigenvalue weighted by atomic mass is 10.1. The molecule has 0 fully saturated rings. The molecule has 9 nitrogen and oxygen atoms in total. The number of unbranched alkanes of at least 4 members (excludes halogenated alkanes) is 1. The fourth-order valence-corrected chi connectivity index (χ4v) is 4.87. The third kappa shape index (κ3) is 9.38. The molecule has 1 unspecified atom stereocenters. The Labute approximate surface area is 234 Å². The van der Waals surface area contributed by atoms with E-state index in [2.05, 4.69) is 32.7 Å². The lowest BCUT2D eigenvalue weighted by Gasteiger charge is -2.25. The average molecular weight is 567 g/mol. The highest BCUT2D eigenvalue weighted by atomic mass is 35.5. The summed E-state index contributed by atoms with van der Waals surface area (Å²) in [6.45, 7) is 7.41. The molecule has 3 heterocycles. The Kier molecular flexibility index (Phi) is 12.0. The van der Waals surface area contributed by atoms with E-state index in [1.807, 2.05) is 13.8 Å².